The molecule has 5 nitrogen and oxygen atoms in total. The van der Waals surface area contributed by atoms with Gasteiger partial charge in [0.2, 0.25) is 18.1 Å². The normalized spacial score (nSPS) is 15.6. The van der Waals surface area contributed by atoms with Crippen molar-refractivity contribution in [1.82, 2.24) is 0 Å². The zero-order chi connectivity index (χ0) is 15.4. The van der Waals surface area contributed by atoms with Gasteiger partial charge in [-0.25, -0.2) is 16.8 Å². The van der Waals surface area contributed by atoms with Gasteiger partial charge in [-0.2, -0.15) is 0 Å². The summed E-state index contributed by atoms with van der Waals surface area (Å²) in [5.74, 6) is -0.359. The molecule has 0 amide bonds. The van der Waals surface area contributed by atoms with E-state index in [1.54, 1.807) is 13.8 Å². The minimum absolute atomic E-state index is 0.141. The molecule has 0 aromatic heterocycles. The third-order valence-electron chi connectivity index (χ3n) is 2.40. The number of halogens is 2. The minimum atomic E-state index is -3.90. The van der Waals surface area contributed by atoms with Gasteiger partial charge in [0.25, 0.3) is 0 Å². The first kappa shape index (κ1) is 18.8. The highest BCUT2D eigenvalue weighted by Gasteiger charge is 2.30. The Morgan fingerprint density at radius 2 is 1.21 bits per heavy atom. The van der Waals surface area contributed by atoms with Crippen LogP contribution in [0.3, 0.4) is 0 Å². The molecule has 0 aliphatic heterocycles. The molecule has 0 rings (SSSR count). The molecule has 0 aromatic carbocycles. The first-order valence-corrected chi connectivity index (χ1v) is 10.1. The van der Waals surface area contributed by atoms with Crippen molar-refractivity contribution in [2.45, 2.75) is 37.2 Å². The van der Waals surface area contributed by atoms with Gasteiger partial charge in [0, 0.05) is 21.4 Å². The molecule has 0 radical (unpaired) electrons. The topological polar surface area (TPSA) is 77.5 Å². The molecule has 9 heteroatoms. The Kier molecular flexibility index (Phi) is 6.88. The molecule has 0 aliphatic carbocycles. The Labute approximate surface area is 123 Å². The lowest BCUT2D eigenvalue weighted by atomic mass is 10.2. The van der Waals surface area contributed by atoms with Gasteiger partial charge in [0.15, 0.2) is 0 Å². The van der Waals surface area contributed by atoms with E-state index in [2.05, 4.69) is 13.2 Å². The van der Waals surface area contributed by atoms with Crippen LogP contribution in [-0.4, -0.2) is 27.3 Å². The minimum Gasteiger partial charge on any atom is -0.464 e. The van der Waals surface area contributed by atoms with Crippen molar-refractivity contribution in [1.29, 1.82) is 0 Å². The molecule has 0 saturated carbocycles. The number of hydrogen-bond acceptors (Lipinski definition) is 5. The smallest absolute Gasteiger partial charge is 0.242 e. The maximum absolute atomic E-state index is 11.3. The van der Waals surface area contributed by atoms with Gasteiger partial charge >= 0.3 is 0 Å². The SMILES string of the molecule is C=C(OC(=C)C(CC)S(=O)(=O)Cl)C(CC)S(=O)(=O)Cl. The van der Waals surface area contributed by atoms with E-state index in [0.717, 1.165) is 0 Å². The van der Waals surface area contributed by atoms with Crippen molar-refractivity contribution < 1.29 is 21.6 Å². The summed E-state index contributed by atoms with van der Waals surface area (Å²) in [5, 5.41) is -2.28. The van der Waals surface area contributed by atoms with Crippen molar-refractivity contribution in [3.63, 3.8) is 0 Å². The summed E-state index contributed by atoms with van der Waals surface area (Å²) in [6.07, 6.45) is 0.282. The van der Waals surface area contributed by atoms with Crippen LogP contribution >= 0.6 is 21.4 Å². The quantitative estimate of drug-likeness (QED) is 0.496. The Bertz CT molecular complexity index is 500. The Morgan fingerprint density at radius 3 is 1.37 bits per heavy atom. The first-order valence-electron chi connectivity index (χ1n) is 5.37. The summed E-state index contributed by atoms with van der Waals surface area (Å²) in [7, 11) is 2.67. The zero-order valence-corrected chi connectivity index (χ0v) is 13.7. The van der Waals surface area contributed by atoms with Gasteiger partial charge in [-0.1, -0.05) is 27.0 Å². The predicted octanol–water partition coefficient (Wildman–Crippen LogP) is 2.72. The van der Waals surface area contributed by atoms with Crippen LogP contribution in [0.5, 0.6) is 0 Å². The molecule has 0 saturated heterocycles. The molecule has 19 heavy (non-hydrogen) atoms. The molecule has 0 bridgehead atoms. The van der Waals surface area contributed by atoms with Crippen molar-refractivity contribution in [2.75, 3.05) is 0 Å². The highest BCUT2D eigenvalue weighted by Crippen LogP contribution is 2.26. The summed E-state index contributed by atoms with van der Waals surface area (Å²) < 4.78 is 50.2. The van der Waals surface area contributed by atoms with Gasteiger partial charge in [0.05, 0.1) is 0 Å². The monoisotopic (exact) mass is 350 g/mol. The largest absolute Gasteiger partial charge is 0.464 e. The standard InChI is InChI=1S/C10H16Cl2O5S2/c1-5-9(18(11,13)14)7(3)17-8(4)10(6-2)19(12,15)16/h9-10H,3-6H2,1-2H3. The third-order valence-corrected chi connectivity index (χ3v) is 6.24. The van der Waals surface area contributed by atoms with Crippen LogP contribution in [0.15, 0.2) is 24.7 Å². The number of rotatable bonds is 8. The molecule has 0 aromatic rings. The van der Waals surface area contributed by atoms with Gasteiger partial charge in [-0.15, -0.1) is 0 Å². The molecule has 0 spiro atoms. The summed E-state index contributed by atoms with van der Waals surface area (Å²) in [6.45, 7) is 10.1. The third kappa shape index (κ3) is 5.72. The van der Waals surface area contributed by atoms with Crippen LogP contribution in [0.4, 0.5) is 0 Å². The fraction of sp³-hybridized carbons (Fsp3) is 0.600. The van der Waals surface area contributed by atoms with Gasteiger partial charge in [0.1, 0.15) is 22.0 Å². The molecule has 0 fully saturated rings. The van der Waals surface area contributed by atoms with Crippen LogP contribution in [0.1, 0.15) is 26.7 Å². The Morgan fingerprint density at radius 1 is 0.947 bits per heavy atom. The van der Waals surface area contributed by atoms with Crippen LogP contribution in [-0.2, 0) is 22.8 Å². The van der Waals surface area contributed by atoms with E-state index >= 15 is 0 Å². The lowest BCUT2D eigenvalue weighted by molar-refractivity contribution is 0.281. The van der Waals surface area contributed by atoms with Gasteiger partial charge in [-0.05, 0) is 12.8 Å². The molecule has 112 valence electrons. The van der Waals surface area contributed by atoms with Crippen LogP contribution in [0.2, 0.25) is 0 Å². The maximum atomic E-state index is 11.3. The highest BCUT2D eigenvalue weighted by atomic mass is 35.7. The van der Waals surface area contributed by atoms with Gasteiger partial charge < -0.3 is 4.74 Å². The summed E-state index contributed by atoms with van der Waals surface area (Å²) >= 11 is 0. The fourth-order valence-electron chi connectivity index (χ4n) is 1.47. The summed E-state index contributed by atoms with van der Waals surface area (Å²) in [4.78, 5) is 0. The van der Waals surface area contributed by atoms with Crippen LogP contribution < -0.4 is 0 Å². The van der Waals surface area contributed by atoms with E-state index in [4.69, 9.17) is 26.1 Å². The lowest BCUT2D eigenvalue weighted by Gasteiger charge is -2.20. The second-order valence-corrected chi connectivity index (χ2v) is 9.40. The first-order chi connectivity index (χ1) is 8.45. The van der Waals surface area contributed by atoms with E-state index < -0.39 is 28.6 Å². The van der Waals surface area contributed by atoms with E-state index in [-0.39, 0.29) is 24.4 Å². The molecular formula is C10H16Cl2O5S2. The second kappa shape index (κ2) is 6.97. The molecule has 2 atom stereocenters. The number of hydrogen-bond donors (Lipinski definition) is 0. The second-order valence-electron chi connectivity index (χ2n) is 3.78. The van der Waals surface area contributed by atoms with Crippen molar-refractivity contribution in [3.05, 3.63) is 24.7 Å². The fourth-order valence-corrected chi connectivity index (χ4v) is 4.34. The molecular weight excluding hydrogens is 335 g/mol. The summed E-state index contributed by atoms with van der Waals surface area (Å²) in [5.41, 5.74) is 0. The van der Waals surface area contributed by atoms with Gasteiger partial charge in [-0.3, -0.25) is 0 Å². The number of ether oxygens (including phenoxy) is 1. The molecule has 2 unspecified atom stereocenters. The van der Waals surface area contributed by atoms with Crippen molar-refractivity contribution >= 4 is 39.5 Å². The molecule has 0 heterocycles. The van der Waals surface area contributed by atoms with E-state index in [0.29, 0.717) is 0 Å². The average Bonchev–Trinajstić information content (AvgIpc) is 2.13. The lowest BCUT2D eigenvalue weighted by Crippen LogP contribution is -2.24. The molecule has 0 aliphatic rings. The molecule has 0 N–H and O–H groups in total. The van der Waals surface area contributed by atoms with Crippen molar-refractivity contribution in [3.8, 4) is 0 Å². The average molecular weight is 351 g/mol. The maximum Gasteiger partial charge on any atom is 0.242 e. The van der Waals surface area contributed by atoms with Crippen molar-refractivity contribution in [2.24, 2.45) is 0 Å². The summed E-state index contributed by atoms with van der Waals surface area (Å²) in [6, 6.07) is 0. The van der Waals surface area contributed by atoms with E-state index in [1.165, 1.54) is 0 Å². The Hall–Kier alpha value is -0.240. The predicted molar refractivity (Wildman–Crippen MR) is 77.1 cm³/mol. The van der Waals surface area contributed by atoms with Crippen LogP contribution in [0.25, 0.3) is 0 Å². The van der Waals surface area contributed by atoms with E-state index in [1.807, 2.05) is 0 Å². The highest BCUT2D eigenvalue weighted by molar-refractivity contribution is 8.14. The Balaban J connectivity index is 5.06. The van der Waals surface area contributed by atoms with Crippen LogP contribution in [0, 0.1) is 0 Å². The zero-order valence-electron chi connectivity index (χ0n) is 10.6. The van der Waals surface area contributed by atoms with E-state index in [9.17, 15) is 16.8 Å².